The number of nitrogens with zero attached hydrogens (tertiary/aromatic N) is 1. The van der Waals surface area contributed by atoms with Crippen LogP contribution in [0, 0.1) is 0 Å². The number of rotatable bonds is 6. The molecule has 1 amide bonds. The number of benzene rings is 1. The second-order valence-corrected chi connectivity index (χ2v) is 4.73. The Kier molecular flexibility index (Phi) is 5.51. The fourth-order valence-electron chi connectivity index (χ4n) is 1.83. The molecule has 1 rings (SSSR count). The predicted molar refractivity (Wildman–Crippen MR) is 72.5 cm³/mol. The normalized spacial score (nSPS) is 12.2. The summed E-state index contributed by atoms with van der Waals surface area (Å²) in [6, 6.07) is 8.73. The van der Waals surface area contributed by atoms with Gasteiger partial charge in [-0.25, -0.2) is 0 Å². The minimum atomic E-state index is -1.02. The Morgan fingerprint density at radius 3 is 2.32 bits per heavy atom. The second-order valence-electron chi connectivity index (χ2n) is 4.73. The van der Waals surface area contributed by atoms with Crippen LogP contribution in [0.5, 0.6) is 0 Å². The van der Waals surface area contributed by atoms with Gasteiger partial charge in [0.05, 0.1) is 0 Å². The zero-order valence-electron chi connectivity index (χ0n) is 11.2. The first kappa shape index (κ1) is 15.2. The Balaban J connectivity index is 2.69. The van der Waals surface area contributed by atoms with Crippen molar-refractivity contribution in [1.82, 2.24) is 4.90 Å². The highest BCUT2D eigenvalue weighted by Crippen LogP contribution is 2.15. The SMILES string of the molecule is CC(C)N(CC(=O)O)C(=O)CC(N)c1ccccc1. The molecule has 0 aliphatic carbocycles. The van der Waals surface area contributed by atoms with Gasteiger partial charge in [0.1, 0.15) is 6.54 Å². The van der Waals surface area contributed by atoms with Gasteiger partial charge >= 0.3 is 5.97 Å². The monoisotopic (exact) mass is 264 g/mol. The molecule has 0 aromatic heterocycles. The zero-order valence-corrected chi connectivity index (χ0v) is 11.2. The van der Waals surface area contributed by atoms with E-state index in [1.807, 2.05) is 30.3 Å². The first-order valence-electron chi connectivity index (χ1n) is 6.23. The molecule has 3 N–H and O–H groups in total. The molecule has 0 fully saturated rings. The molecule has 5 heteroatoms. The summed E-state index contributed by atoms with van der Waals surface area (Å²) in [5.74, 6) is -1.26. The van der Waals surface area contributed by atoms with Crippen LogP contribution >= 0.6 is 0 Å². The van der Waals surface area contributed by atoms with Crippen molar-refractivity contribution in [2.24, 2.45) is 5.73 Å². The first-order valence-corrected chi connectivity index (χ1v) is 6.23. The number of aliphatic carboxylic acids is 1. The molecular weight excluding hydrogens is 244 g/mol. The molecule has 0 spiro atoms. The van der Waals surface area contributed by atoms with Gasteiger partial charge in [-0.3, -0.25) is 9.59 Å². The largest absolute Gasteiger partial charge is 0.480 e. The lowest BCUT2D eigenvalue weighted by molar-refractivity contribution is -0.145. The van der Waals surface area contributed by atoms with Crippen molar-refractivity contribution in [1.29, 1.82) is 0 Å². The van der Waals surface area contributed by atoms with E-state index >= 15 is 0 Å². The van der Waals surface area contributed by atoms with E-state index in [-0.39, 0.29) is 24.9 Å². The number of carbonyl (C=O) groups excluding carboxylic acids is 1. The van der Waals surface area contributed by atoms with Crippen molar-refractivity contribution < 1.29 is 14.7 Å². The lowest BCUT2D eigenvalue weighted by Gasteiger charge is -2.26. The molecular formula is C14H20N2O3. The third-order valence-corrected chi connectivity index (χ3v) is 2.87. The van der Waals surface area contributed by atoms with Gasteiger partial charge in [-0.05, 0) is 19.4 Å². The van der Waals surface area contributed by atoms with E-state index in [4.69, 9.17) is 10.8 Å². The average molecular weight is 264 g/mol. The quantitative estimate of drug-likeness (QED) is 0.813. The predicted octanol–water partition coefficient (Wildman–Crippen LogP) is 1.40. The number of carboxylic acid groups (broad SMARTS) is 1. The standard InChI is InChI=1S/C14H20N2O3/c1-10(2)16(9-14(18)19)13(17)8-12(15)11-6-4-3-5-7-11/h3-7,10,12H,8-9,15H2,1-2H3,(H,18,19). The van der Waals surface area contributed by atoms with Crippen molar-refractivity contribution in [3.05, 3.63) is 35.9 Å². The summed E-state index contributed by atoms with van der Waals surface area (Å²) in [6.45, 7) is 3.28. The molecule has 5 nitrogen and oxygen atoms in total. The Bertz CT molecular complexity index is 432. The van der Waals surface area contributed by atoms with E-state index < -0.39 is 12.0 Å². The molecule has 0 aliphatic heterocycles. The summed E-state index contributed by atoms with van der Waals surface area (Å²) in [5, 5.41) is 8.81. The number of nitrogens with two attached hydrogens (primary N) is 1. The Morgan fingerprint density at radius 2 is 1.84 bits per heavy atom. The summed E-state index contributed by atoms with van der Waals surface area (Å²) in [4.78, 5) is 24.2. The van der Waals surface area contributed by atoms with Crippen molar-refractivity contribution in [2.75, 3.05) is 6.54 Å². The summed E-state index contributed by atoms with van der Waals surface area (Å²) < 4.78 is 0. The lowest BCUT2D eigenvalue weighted by Crippen LogP contribution is -2.41. The Morgan fingerprint density at radius 1 is 1.26 bits per heavy atom. The molecule has 0 bridgehead atoms. The smallest absolute Gasteiger partial charge is 0.323 e. The molecule has 19 heavy (non-hydrogen) atoms. The highest BCUT2D eigenvalue weighted by Gasteiger charge is 2.22. The summed E-state index contributed by atoms with van der Waals surface area (Å²) in [6.07, 6.45) is 0.107. The van der Waals surface area contributed by atoms with Gasteiger partial charge in [-0.15, -0.1) is 0 Å². The number of hydrogen-bond acceptors (Lipinski definition) is 3. The zero-order chi connectivity index (χ0) is 14.4. The van der Waals surface area contributed by atoms with Crippen LogP contribution < -0.4 is 5.73 Å². The van der Waals surface area contributed by atoms with Crippen molar-refractivity contribution in [2.45, 2.75) is 32.4 Å². The van der Waals surface area contributed by atoms with Crippen LogP contribution in [0.15, 0.2) is 30.3 Å². The average Bonchev–Trinajstić information content (AvgIpc) is 2.36. The van der Waals surface area contributed by atoms with Crippen LogP contribution in [0.25, 0.3) is 0 Å². The van der Waals surface area contributed by atoms with Crippen molar-refractivity contribution in [3.63, 3.8) is 0 Å². The van der Waals surface area contributed by atoms with Gasteiger partial charge in [-0.2, -0.15) is 0 Å². The van der Waals surface area contributed by atoms with Crippen LogP contribution in [0.1, 0.15) is 31.9 Å². The minimum absolute atomic E-state index is 0.107. The van der Waals surface area contributed by atoms with E-state index in [0.717, 1.165) is 5.56 Å². The maximum atomic E-state index is 12.1. The van der Waals surface area contributed by atoms with Crippen LogP contribution in [0.2, 0.25) is 0 Å². The number of hydrogen-bond donors (Lipinski definition) is 2. The van der Waals surface area contributed by atoms with Gasteiger partial charge < -0.3 is 15.7 Å². The highest BCUT2D eigenvalue weighted by molar-refractivity contribution is 5.82. The maximum Gasteiger partial charge on any atom is 0.323 e. The van der Waals surface area contributed by atoms with Gasteiger partial charge in [0, 0.05) is 18.5 Å². The summed E-state index contributed by atoms with van der Waals surface area (Å²) in [5.41, 5.74) is 6.84. The first-order chi connectivity index (χ1) is 8.91. The van der Waals surface area contributed by atoms with Gasteiger partial charge in [-0.1, -0.05) is 30.3 Å². The summed E-state index contributed by atoms with van der Waals surface area (Å²) in [7, 11) is 0. The Hall–Kier alpha value is -1.88. The van der Waals surface area contributed by atoms with Crippen molar-refractivity contribution in [3.8, 4) is 0 Å². The van der Waals surface area contributed by atoms with Crippen LogP contribution in [0.3, 0.4) is 0 Å². The van der Waals surface area contributed by atoms with E-state index in [9.17, 15) is 9.59 Å². The van der Waals surface area contributed by atoms with E-state index in [1.165, 1.54) is 4.90 Å². The van der Waals surface area contributed by atoms with Gasteiger partial charge in [0.15, 0.2) is 0 Å². The maximum absolute atomic E-state index is 12.1. The Labute approximate surface area is 113 Å². The van der Waals surface area contributed by atoms with E-state index in [2.05, 4.69) is 0 Å². The van der Waals surface area contributed by atoms with Gasteiger partial charge in [0.25, 0.3) is 0 Å². The van der Waals surface area contributed by atoms with E-state index in [0.29, 0.717) is 0 Å². The molecule has 0 heterocycles. The van der Waals surface area contributed by atoms with Crippen LogP contribution in [-0.4, -0.2) is 34.5 Å². The molecule has 0 aliphatic rings. The van der Waals surface area contributed by atoms with Crippen LogP contribution in [0.4, 0.5) is 0 Å². The lowest BCUT2D eigenvalue weighted by atomic mass is 10.0. The highest BCUT2D eigenvalue weighted by atomic mass is 16.4. The molecule has 1 aromatic rings. The topological polar surface area (TPSA) is 83.6 Å². The fourth-order valence-corrected chi connectivity index (χ4v) is 1.83. The summed E-state index contributed by atoms with van der Waals surface area (Å²) >= 11 is 0. The third-order valence-electron chi connectivity index (χ3n) is 2.87. The minimum Gasteiger partial charge on any atom is -0.480 e. The molecule has 0 radical (unpaired) electrons. The number of carboxylic acids is 1. The third kappa shape index (κ3) is 4.71. The molecule has 1 unspecified atom stereocenters. The molecule has 1 atom stereocenters. The fraction of sp³-hybridized carbons (Fsp3) is 0.429. The molecule has 104 valence electrons. The molecule has 0 saturated heterocycles. The second kappa shape index (κ2) is 6.89. The molecule has 1 aromatic carbocycles. The van der Waals surface area contributed by atoms with E-state index in [1.54, 1.807) is 13.8 Å². The van der Waals surface area contributed by atoms with Gasteiger partial charge in [0.2, 0.25) is 5.91 Å². The van der Waals surface area contributed by atoms with Crippen LogP contribution in [-0.2, 0) is 9.59 Å². The number of amides is 1. The number of carbonyl (C=O) groups is 2. The molecule has 0 saturated carbocycles. The van der Waals surface area contributed by atoms with Crippen molar-refractivity contribution >= 4 is 11.9 Å².